The van der Waals surface area contributed by atoms with Crippen LogP contribution in [0.4, 0.5) is 5.69 Å². The molecule has 0 radical (unpaired) electrons. The maximum absolute atomic E-state index is 6.41. The number of nitrogens with zero attached hydrogens (tertiary/aromatic N) is 1. The van der Waals surface area contributed by atoms with Crippen LogP contribution >= 0.6 is 11.6 Å². The van der Waals surface area contributed by atoms with E-state index in [1.54, 1.807) is 0 Å². The zero-order valence-electron chi connectivity index (χ0n) is 10.9. The Morgan fingerprint density at radius 3 is 2.61 bits per heavy atom. The first kappa shape index (κ1) is 12.3. The van der Waals surface area contributed by atoms with Crippen LogP contribution in [-0.2, 0) is 11.2 Å². The summed E-state index contributed by atoms with van der Waals surface area (Å²) in [6.45, 7) is 5.28. The summed E-state index contributed by atoms with van der Waals surface area (Å²) in [7, 11) is 0. The summed E-state index contributed by atoms with van der Waals surface area (Å²) in [6.07, 6.45) is 4.55. The van der Waals surface area contributed by atoms with Crippen molar-refractivity contribution in [3.8, 4) is 0 Å². The van der Waals surface area contributed by atoms with Gasteiger partial charge in [-0.3, -0.25) is 0 Å². The molecule has 0 amide bonds. The van der Waals surface area contributed by atoms with Gasteiger partial charge in [0.25, 0.3) is 0 Å². The van der Waals surface area contributed by atoms with Crippen LogP contribution in [0, 0.1) is 0 Å². The molecule has 2 aliphatic rings. The fraction of sp³-hybridized carbons (Fsp3) is 0.600. The van der Waals surface area contributed by atoms with Gasteiger partial charge in [0.05, 0.1) is 22.9 Å². The number of rotatable bonds is 3. The molecule has 3 rings (SSSR count). The van der Waals surface area contributed by atoms with Gasteiger partial charge in [0.15, 0.2) is 0 Å². The lowest BCUT2D eigenvalue weighted by atomic mass is 9.97. The van der Waals surface area contributed by atoms with Gasteiger partial charge in [-0.25, -0.2) is 0 Å². The molecular formula is C15H20ClNO. The molecule has 0 atom stereocenters. The molecule has 0 N–H and O–H groups in total. The number of hydrogen-bond donors (Lipinski definition) is 0. The van der Waals surface area contributed by atoms with E-state index in [4.69, 9.17) is 16.3 Å². The van der Waals surface area contributed by atoms with Crippen LogP contribution in [0.25, 0.3) is 0 Å². The molecule has 2 saturated heterocycles. The molecule has 3 heteroatoms. The maximum atomic E-state index is 6.41. The van der Waals surface area contributed by atoms with Gasteiger partial charge in [0.1, 0.15) is 0 Å². The standard InChI is InChI=1S/C15H20ClNO/c1-2-3-12-4-5-14(13(16)10-12)17-8-6-15(7-9-17)11-18-15/h4-5,10H,2-3,6-9,11H2,1H3. The second kappa shape index (κ2) is 4.75. The Morgan fingerprint density at radius 2 is 2.06 bits per heavy atom. The van der Waals surface area contributed by atoms with Crippen LogP contribution in [0.3, 0.4) is 0 Å². The first-order chi connectivity index (χ1) is 8.72. The van der Waals surface area contributed by atoms with Gasteiger partial charge in [-0.2, -0.15) is 0 Å². The molecule has 0 unspecified atom stereocenters. The number of epoxide rings is 1. The van der Waals surface area contributed by atoms with Crippen LogP contribution in [-0.4, -0.2) is 25.3 Å². The lowest BCUT2D eigenvalue weighted by molar-refractivity contribution is 0.259. The smallest absolute Gasteiger partial charge is 0.0950 e. The van der Waals surface area contributed by atoms with E-state index in [2.05, 4.69) is 30.0 Å². The summed E-state index contributed by atoms with van der Waals surface area (Å²) in [5.41, 5.74) is 2.77. The van der Waals surface area contributed by atoms with Crippen molar-refractivity contribution >= 4 is 17.3 Å². The molecule has 0 bridgehead atoms. The van der Waals surface area contributed by atoms with Gasteiger partial charge in [-0.05, 0) is 37.0 Å². The van der Waals surface area contributed by atoms with Crippen molar-refractivity contribution in [2.75, 3.05) is 24.6 Å². The van der Waals surface area contributed by atoms with Crippen LogP contribution in [0.1, 0.15) is 31.7 Å². The van der Waals surface area contributed by atoms with E-state index in [1.165, 1.54) is 17.7 Å². The fourth-order valence-electron chi connectivity index (χ4n) is 2.80. The van der Waals surface area contributed by atoms with Crippen molar-refractivity contribution in [2.24, 2.45) is 0 Å². The van der Waals surface area contributed by atoms with Gasteiger partial charge < -0.3 is 9.64 Å². The highest BCUT2D eigenvalue weighted by Gasteiger charge is 2.46. The van der Waals surface area contributed by atoms with Crippen LogP contribution in [0.15, 0.2) is 18.2 Å². The van der Waals surface area contributed by atoms with Crippen molar-refractivity contribution in [1.29, 1.82) is 0 Å². The van der Waals surface area contributed by atoms with Crippen molar-refractivity contribution in [3.05, 3.63) is 28.8 Å². The van der Waals surface area contributed by atoms with Gasteiger partial charge in [-0.15, -0.1) is 0 Å². The van der Waals surface area contributed by atoms with Crippen LogP contribution in [0.5, 0.6) is 0 Å². The van der Waals surface area contributed by atoms with Crippen LogP contribution in [0.2, 0.25) is 5.02 Å². The Kier molecular flexibility index (Phi) is 3.25. The predicted molar refractivity (Wildman–Crippen MR) is 75.6 cm³/mol. The summed E-state index contributed by atoms with van der Waals surface area (Å²) >= 11 is 6.41. The molecule has 0 aliphatic carbocycles. The minimum Gasteiger partial charge on any atom is -0.370 e. The summed E-state index contributed by atoms with van der Waals surface area (Å²) < 4.78 is 5.54. The summed E-state index contributed by atoms with van der Waals surface area (Å²) in [5.74, 6) is 0. The van der Waals surface area contributed by atoms with Crippen LogP contribution < -0.4 is 4.90 Å². The molecule has 2 aliphatic heterocycles. The second-order valence-electron chi connectivity index (χ2n) is 5.49. The number of benzene rings is 1. The highest BCUT2D eigenvalue weighted by molar-refractivity contribution is 6.33. The number of aryl methyl sites for hydroxylation is 1. The van der Waals surface area contributed by atoms with Crippen molar-refractivity contribution in [1.82, 2.24) is 0 Å². The maximum Gasteiger partial charge on any atom is 0.0950 e. The third-order valence-electron chi connectivity index (χ3n) is 4.12. The van der Waals surface area contributed by atoms with E-state index in [0.717, 1.165) is 44.0 Å². The SMILES string of the molecule is CCCc1ccc(N2CCC3(CC2)CO3)c(Cl)c1. The summed E-state index contributed by atoms with van der Waals surface area (Å²) in [6, 6.07) is 6.51. The van der Waals surface area contributed by atoms with Gasteiger partial charge in [0.2, 0.25) is 0 Å². The molecule has 1 aromatic carbocycles. The summed E-state index contributed by atoms with van der Waals surface area (Å²) in [5, 5.41) is 0.897. The molecule has 1 spiro atoms. The van der Waals surface area contributed by atoms with Gasteiger partial charge >= 0.3 is 0 Å². The Bertz CT molecular complexity index is 432. The van der Waals surface area contributed by atoms with Crippen molar-refractivity contribution < 1.29 is 4.74 Å². The van der Waals surface area contributed by atoms with E-state index in [1.807, 2.05) is 0 Å². The Labute approximate surface area is 114 Å². The first-order valence-corrected chi connectivity index (χ1v) is 7.28. The lowest BCUT2D eigenvalue weighted by Gasteiger charge is -2.32. The molecule has 98 valence electrons. The van der Waals surface area contributed by atoms with E-state index in [9.17, 15) is 0 Å². The van der Waals surface area contributed by atoms with Gasteiger partial charge in [-0.1, -0.05) is 31.0 Å². The monoisotopic (exact) mass is 265 g/mol. The largest absolute Gasteiger partial charge is 0.370 e. The van der Waals surface area contributed by atoms with E-state index in [0.29, 0.717) is 0 Å². The van der Waals surface area contributed by atoms with Gasteiger partial charge in [0, 0.05) is 13.1 Å². The lowest BCUT2D eigenvalue weighted by Crippen LogP contribution is -2.37. The van der Waals surface area contributed by atoms with E-state index in [-0.39, 0.29) is 5.60 Å². The predicted octanol–water partition coefficient (Wildman–Crippen LogP) is 3.66. The molecule has 2 heterocycles. The molecule has 2 fully saturated rings. The Balaban J connectivity index is 1.72. The molecule has 0 saturated carbocycles. The molecule has 0 aromatic heterocycles. The minimum absolute atomic E-state index is 0.241. The Hall–Kier alpha value is -0.730. The zero-order chi connectivity index (χ0) is 12.6. The highest BCUT2D eigenvalue weighted by atomic mass is 35.5. The van der Waals surface area contributed by atoms with E-state index < -0.39 is 0 Å². The first-order valence-electron chi connectivity index (χ1n) is 6.90. The average Bonchev–Trinajstić information content (AvgIpc) is 3.11. The van der Waals surface area contributed by atoms with Crippen molar-refractivity contribution in [3.63, 3.8) is 0 Å². The average molecular weight is 266 g/mol. The third-order valence-corrected chi connectivity index (χ3v) is 4.42. The fourth-order valence-corrected chi connectivity index (χ4v) is 3.12. The number of ether oxygens (including phenoxy) is 1. The third kappa shape index (κ3) is 2.36. The molecular weight excluding hydrogens is 246 g/mol. The topological polar surface area (TPSA) is 15.8 Å². The minimum atomic E-state index is 0.241. The normalized spacial score (nSPS) is 21.3. The Morgan fingerprint density at radius 1 is 1.33 bits per heavy atom. The second-order valence-corrected chi connectivity index (χ2v) is 5.90. The molecule has 18 heavy (non-hydrogen) atoms. The summed E-state index contributed by atoms with van der Waals surface area (Å²) in [4.78, 5) is 2.39. The highest BCUT2D eigenvalue weighted by Crippen LogP contribution is 2.40. The van der Waals surface area contributed by atoms with Crippen molar-refractivity contribution in [2.45, 2.75) is 38.2 Å². The zero-order valence-corrected chi connectivity index (χ0v) is 11.7. The number of hydrogen-bond acceptors (Lipinski definition) is 2. The molecule has 1 aromatic rings. The number of anilines is 1. The number of halogens is 1. The number of piperidine rings is 1. The van der Waals surface area contributed by atoms with E-state index >= 15 is 0 Å². The quantitative estimate of drug-likeness (QED) is 0.775. The molecule has 2 nitrogen and oxygen atoms in total.